The molecule has 0 spiro atoms. The summed E-state index contributed by atoms with van der Waals surface area (Å²) in [7, 11) is 0. The van der Waals surface area contributed by atoms with E-state index in [4.69, 9.17) is 0 Å². The molecule has 0 heterocycles. The summed E-state index contributed by atoms with van der Waals surface area (Å²) >= 11 is 0. The molecule has 1 N–H and O–H groups in total. The molecule has 1 aromatic rings. The highest BCUT2D eigenvalue weighted by Crippen LogP contribution is 2.43. The first-order valence-electron chi connectivity index (χ1n) is 11.1. The van der Waals surface area contributed by atoms with Gasteiger partial charge in [-0.3, -0.25) is 0 Å². The minimum absolute atomic E-state index is 0.257. The molecule has 1 atom stereocenters. The summed E-state index contributed by atoms with van der Waals surface area (Å²) in [4.78, 5) is 0. The number of halogens is 3. The van der Waals surface area contributed by atoms with Crippen LogP contribution in [0.3, 0.4) is 0 Å². The largest absolute Gasteiger partial charge is 0.573 e. The Morgan fingerprint density at radius 1 is 1.07 bits per heavy atom. The van der Waals surface area contributed by atoms with Crippen molar-refractivity contribution >= 4 is 0 Å². The zero-order valence-corrected chi connectivity index (χ0v) is 17.3. The number of allylic oxidation sites excluding steroid dienone is 1. The van der Waals surface area contributed by atoms with Crippen molar-refractivity contribution in [2.45, 2.75) is 89.5 Å². The molecular formula is C24H33F3O2. The molecule has 162 valence electrons. The van der Waals surface area contributed by atoms with Crippen molar-refractivity contribution < 1.29 is 23.0 Å². The number of ether oxygens (including phenoxy) is 1. The first-order chi connectivity index (χ1) is 13.8. The van der Waals surface area contributed by atoms with E-state index in [1.165, 1.54) is 69.1 Å². The normalized spacial score (nSPS) is 28.1. The van der Waals surface area contributed by atoms with Gasteiger partial charge in [0, 0.05) is 0 Å². The topological polar surface area (TPSA) is 29.5 Å². The Labute approximate surface area is 172 Å². The van der Waals surface area contributed by atoms with E-state index in [0.717, 1.165) is 12.3 Å². The third-order valence-corrected chi connectivity index (χ3v) is 6.74. The van der Waals surface area contributed by atoms with Gasteiger partial charge < -0.3 is 9.84 Å². The Bertz CT molecular complexity index is 672. The van der Waals surface area contributed by atoms with Gasteiger partial charge in [0.15, 0.2) is 0 Å². The molecular weight excluding hydrogens is 377 g/mol. The Balaban J connectivity index is 1.53. The zero-order valence-electron chi connectivity index (χ0n) is 17.3. The van der Waals surface area contributed by atoms with Gasteiger partial charge in [-0.05, 0) is 74.5 Å². The van der Waals surface area contributed by atoms with Crippen LogP contribution in [-0.2, 0) is 5.60 Å². The van der Waals surface area contributed by atoms with Gasteiger partial charge >= 0.3 is 6.36 Å². The summed E-state index contributed by atoms with van der Waals surface area (Å²) in [6, 6.07) is 5.64. The maximum atomic E-state index is 12.3. The Hall–Kier alpha value is -1.49. The van der Waals surface area contributed by atoms with E-state index in [1.54, 1.807) is 12.1 Å². The molecule has 1 unspecified atom stereocenters. The molecule has 0 aliphatic heterocycles. The molecule has 1 fully saturated rings. The van der Waals surface area contributed by atoms with E-state index >= 15 is 0 Å². The molecule has 1 saturated carbocycles. The molecule has 0 aromatic heterocycles. The number of hydrogen-bond acceptors (Lipinski definition) is 2. The summed E-state index contributed by atoms with van der Waals surface area (Å²) in [5.41, 5.74) is 1.12. The lowest BCUT2D eigenvalue weighted by atomic mass is 9.71. The average Bonchev–Trinajstić information content (AvgIpc) is 2.69. The lowest BCUT2D eigenvalue weighted by Crippen LogP contribution is -2.29. The van der Waals surface area contributed by atoms with Crippen LogP contribution in [0.4, 0.5) is 13.2 Å². The van der Waals surface area contributed by atoms with E-state index in [0.29, 0.717) is 24.3 Å². The summed E-state index contributed by atoms with van der Waals surface area (Å²) in [6.07, 6.45) is 9.98. The van der Waals surface area contributed by atoms with Crippen molar-refractivity contribution in [3.63, 3.8) is 0 Å². The Morgan fingerprint density at radius 3 is 2.31 bits per heavy atom. The highest BCUT2D eigenvalue weighted by Gasteiger charge is 2.35. The van der Waals surface area contributed by atoms with E-state index in [1.807, 2.05) is 0 Å². The zero-order chi connectivity index (χ0) is 20.9. The summed E-state index contributed by atoms with van der Waals surface area (Å²) in [5, 5.41) is 11.0. The predicted octanol–water partition coefficient (Wildman–Crippen LogP) is 7.27. The van der Waals surface area contributed by atoms with Gasteiger partial charge in [0.2, 0.25) is 0 Å². The number of benzene rings is 1. The first-order valence-corrected chi connectivity index (χ1v) is 11.1. The highest BCUT2D eigenvalue weighted by molar-refractivity contribution is 5.33. The van der Waals surface area contributed by atoms with Crippen LogP contribution in [-0.4, -0.2) is 11.5 Å². The van der Waals surface area contributed by atoms with Crippen molar-refractivity contribution in [3.05, 3.63) is 41.5 Å². The Morgan fingerprint density at radius 2 is 1.76 bits per heavy atom. The Kier molecular flexibility index (Phi) is 7.31. The summed E-state index contributed by atoms with van der Waals surface area (Å²) in [6.45, 7) is 2.25. The minimum atomic E-state index is -4.70. The lowest BCUT2D eigenvalue weighted by molar-refractivity contribution is -0.274. The van der Waals surface area contributed by atoms with Gasteiger partial charge in [-0.15, -0.1) is 13.2 Å². The monoisotopic (exact) mass is 410 g/mol. The van der Waals surface area contributed by atoms with Gasteiger partial charge in [-0.25, -0.2) is 0 Å². The molecule has 2 nitrogen and oxygen atoms in total. The van der Waals surface area contributed by atoms with Crippen LogP contribution in [0.1, 0.15) is 83.1 Å². The van der Waals surface area contributed by atoms with Crippen LogP contribution in [0.5, 0.6) is 5.75 Å². The number of aliphatic hydroxyl groups is 1. The summed E-state index contributed by atoms with van der Waals surface area (Å²) < 4.78 is 40.9. The van der Waals surface area contributed by atoms with Crippen LogP contribution in [0.25, 0.3) is 0 Å². The van der Waals surface area contributed by atoms with Crippen molar-refractivity contribution in [2.75, 3.05) is 0 Å². The van der Waals surface area contributed by atoms with Crippen LogP contribution in [0, 0.1) is 11.8 Å². The lowest BCUT2D eigenvalue weighted by Gasteiger charge is -2.36. The molecule has 0 saturated heterocycles. The maximum absolute atomic E-state index is 12.3. The average molecular weight is 411 g/mol. The second kappa shape index (κ2) is 9.55. The second-order valence-electron chi connectivity index (χ2n) is 8.80. The fraction of sp³-hybridized carbons (Fsp3) is 0.667. The fourth-order valence-electron chi connectivity index (χ4n) is 4.96. The van der Waals surface area contributed by atoms with Crippen LogP contribution >= 0.6 is 0 Å². The number of rotatable bonds is 7. The molecule has 29 heavy (non-hydrogen) atoms. The van der Waals surface area contributed by atoms with E-state index in [-0.39, 0.29) is 5.75 Å². The van der Waals surface area contributed by atoms with Gasteiger partial charge in [0.05, 0.1) is 5.60 Å². The molecule has 0 radical (unpaired) electrons. The summed E-state index contributed by atoms with van der Waals surface area (Å²) in [5.74, 6) is 1.27. The van der Waals surface area contributed by atoms with Gasteiger partial charge in [-0.1, -0.05) is 56.4 Å². The molecule has 5 heteroatoms. The minimum Gasteiger partial charge on any atom is -0.406 e. The molecule has 0 amide bonds. The van der Waals surface area contributed by atoms with E-state index < -0.39 is 12.0 Å². The van der Waals surface area contributed by atoms with Crippen molar-refractivity contribution in [2.24, 2.45) is 11.8 Å². The number of unbranched alkanes of at least 4 members (excludes halogenated alkanes) is 2. The van der Waals surface area contributed by atoms with Crippen LogP contribution in [0.2, 0.25) is 0 Å². The standard InChI is InChI=1S/C24H33F3O2/c1-2-3-4-5-18-6-8-19(9-7-18)20-14-16-23(28,17-15-20)21-10-12-22(13-11-21)29-24(25,26)27/h10-14,18-19,28H,2-9,15-17H2,1H3/t18-,19-,23?. The fourth-order valence-corrected chi connectivity index (χ4v) is 4.96. The molecule has 0 bridgehead atoms. The number of alkyl halides is 3. The third kappa shape index (κ3) is 6.24. The SMILES string of the molecule is CCCCC[C@H]1CC[C@H](C2=CCC(O)(c3ccc(OC(F)(F)F)cc3)CC2)CC1. The maximum Gasteiger partial charge on any atom is 0.573 e. The van der Waals surface area contributed by atoms with Crippen molar-refractivity contribution in [3.8, 4) is 5.75 Å². The van der Waals surface area contributed by atoms with Crippen molar-refractivity contribution in [1.82, 2.24) is 0 Å². The third-order valence-electron chi connectivity index (χ3n) is 6.74. The second-order valence-corrected chi connectivity index (χ2v) is 8.80. The highest BCUT2D eigenvalue weighted by atomic mass is 19.4. The van der Waals surface area contributed by atoms with Crippen LogP contribution in [0.15, 0.2) is 35.9 Å². The number of hydrogen-bond donors (Lipinski definition) is 1. The molecule has 2 aliphatic rings. The molecule has 3 rings (SSSR count). The molecule has 2 aliphatic carbocycles. The van der Waals surface area contributed by atoms with Gasteiger partial charge in [-0.2, -0.15) is 0 Å². The quantitative estimate of drug-likeness (QED) is 0.378. The smallest absolute Gasteiger partial charge is 0.406 e. The van der Waals surface area contributed by atoms with Gasteiger partial charge in [0.25, 0.3) is 0 Å². The van der Waals surface area contributed by atoms with E-state index in [9.17, 15) is 18.3 Å². The van der Waals surface area contributed by atoms with Crippen LogP contribution < -0.4 is 4.74 Å². The first kappa shape index (κ1) is 22.2. The molecule has 1 aromatic carbocycles. The van der Waals surface area contributed by atoms with Gasteiger partial charge in [0.1, 0.15) is 5.75 Å². The van der Waals surface area contributed by atoms with Crippen molar-refractivity contribution in [1.29, 1.82) is 0 Å². The van der Waals surface area contributed by atoms with E-state index in [2.05, 4.69) is 17.7 Å². The predicted molar refractivity (Wildman–Crippen MR) is 109 cm³/mol.